The van der Waals surface area contributed by atoms with E-state index in [-0.39, 0.29) is 0 Å². The van der Waals surface area contributed by atoms with Crippen LogP contribution in [0.15, 0.2) is 18.2 Å². The Bertz CT molecular complexity index is 436. The second-order valence-corrected chi connectivity index (χ2v) is 5.41. The van der Waals surface area contributed by atoms with Crippen LogP contribution >= 0.6 is 0 Å². The number of nitrogens with one attached hydrogen (secondary N) is 1. The molecule has 1 aromatic rings. The van der Waals surface area contributed by atoms with Crippen molar-refractivity contribution in [3.8, 4) is 11.5 Å². The molecule has 1 aromatic carbocycles. The number of ether oxygens (including phenoxy) is 2. The molecular weight excluding hydrogens is 240 g/mol. The summed E-state index contributed by atoms with van der Waals surface area (Å²) in [5, 5.41) is 3.55. The highest BCUT2D eigenvalue weighted by Gasteiger charge is 2.19. The largest absolute Gasteiger partial charge is 0.454 e. The smallest absolute Gasteiger partial charge is 0.231 e. The van der Waals surface area contributed by atoms with Crippen LogP contribution in [-0.4, -0.2) is 37.9 Å². The fraction of sp³-hybridized carbons (Fsp3) is 0.600. The minimum atomic E-state index is 0.345. The van der Waals surface area contributed by atoms with E-state index in [0.29, 0.717) is 12.8 Å². The van der Waals surface area contributed by atoms with Gasteiger partial charge in [-0.25, -0.2) is 0 Å². The lowest BCUT2D eigenvalue weighted by Crippen LogP contribution is -2.42. The first-order chi connectivity index (χ1) is 9.34. The lowest BCUT2D eigenvalue weighted by atomic mass is 10.0. The molecule has 4 heteroatoms. The zero-order valence-electron chi connectivity index (χ0n) is 11.5. The molecule has 2 aliphatic heterocycles. The second kappa shape index (κ2) is 5.80. The van der Waals surface area contributed by atoms with Gasteiger partial charge in [-0.1, -0.05) is 18.6 Å². The average molecular weight is 262 g/mol. The average Bonchev–Trinajstić information content (AvgIpc) is 2.90. The Balaban J connectivity index is 1.54. The van der Waals surface area contributed by atoms with Crippen LogP contribution in [-0.2, 0) is 6.54 Å². The highest BCUT2D eigenvalue weighted by atomic mass is 16.7. The van der Waals surface area contributed by atoms with E-state index in [2.05, 4.69) is 23.3 Å². The van der Waals surface area contributed by atoms with Crippen molar-refractivity contribution >= 4 is 0 Å². The van der Waals surface area contributed by atoms with Crippen molar-refractivity contribution < 1.29 is 9.47 Å². The molecule has 3 rings (SSSR count). The van der Waals surface area contributed by atoms with Crippen LogP contribution in [0.3, 0.4) is 0 Å². The fourth-order valence-electron chi connectivity index (χ4n) is 2.91. The number of fused-ring (bicyclic) bond motifs is 1. The van der Waals surface area contributed by atoms with Crippen LogP contribution in [0, 0.1) is 0 Å². The van der Waals surface area contributed by atoms with Crippen LogP contribution in [0.5, 0.6) is 11.5 Å². The maximum atomic E-state index is 5.52. The molecule has 1 saturated heterocycles. The normalized spacial score (nSPS) is 22.7. The number of hydrogen-bond donors (Lipinski definition) is 1. The highest BCUT2D eigenvalue weighted by molar-refractivity contribution is 5.48. The zero-order valence-corrected chi connectivity index (χ0v) is 11.5. The van der Waals surface area contributed by atoms with Crippen molar-refractivity contribution in [2.45, 2.75) is 31.8 Å². The molecule has 19 heavy (non-hydrogen) atoms. The van der Waals surface area contributed by atoms with Crippen molar-refractivity contribution in [3.63, 3.8) is 0 Å². The molecule has 1 N–H and O–H groups in total. The molecule has 0 spiro atoms. The summed E-state index contributed by atoms with van der Waals surface area (Å²) < 4.78 is 10.9. The summed E-state index contributed by atoms with van der Waals surface area (Å²) in [5.41, 5.74) is 1.19. The first-order valence-electron chi connectivity index (χ1n) is 7.13. The van der Waals surface area contributed by atoms with E-state index in [9.17, 15) is 0 Å². The Labute approximate surface area is 114 Å². The molecule has 1 fully saturated rings. The van der Waals surface area contributed by atoms with Crippen molar-refractivity contribution in [2.75, 3.05) is 26.9 Å². The number of rotatable bonds is 4. The van der Waals surface area contributed by atoms with E-state index in [0.717, 1.165) is 24.6 Å². The second-order valence-electron chi connectivity index (χ2n) is 5.41. The van der Waals surface area contributed by atoms with Crippen molar-refractivity contribution in [2.24, 2.45) is 0 Å². The summed E-state index contributed by atoms with van der Waals surface area (Å²) in [4.78, 5) is 2.46. The topological polar surface area (TPSA) is 33.7 Å². The van der Waals surface area contributed by atoms with Gasteiger partial charge in [0.25, 0.3) is 0 Å². The molecule has 4 nitrogen and oxygen atoms in total. The number of likely N-dealkylation sites (N-methyl/N-ethyl adjacent to an activating group) is 1. The molecule has 0 bridgehead atoms. The van der Waals surface area contributed by atoms with Gasteiger partial charge < -0.3 is 19.7 Å². The fourth-order valence-corrected chi connectivity index (χ4v) is 2.91. The molecular formula is C15H22N2O2. The van der Waals surface area contributed by atoms with E-state index >= 15 is 0 Å². The van der Waals surface area contributed by atoms with Gasteiger partial charge in [0, 0.05) is 24.7 Å². The van der Waals surface area contributed by atoms with Crippen LogP contribution in [0.25, 0.3) is 0 Å². The van der Waals surface area contributed by atoms with Gasteiger partial charge in [-0.3, -0.25) is 0 Å². The van der Waals surface area contributed by atoms with Crippen LogP contribution < -0.4 is 14.8 Å². The quantitative estimate of drug-likeness (QED) is 0.899. The Hall–Kier alpha value is -1.26. The van der Waals surface area contributed by atoms with Crippen molar-refractivity contribution in [1.29, 1.82) is 0 Å². The van der Waals surface area contributed by atoms with E-state index in [1.807, 2.05) is 12.1 Å². The molecule has 104 valence electrons. The first-order valence-corrected chi connectivity index (χ1v) is 7.13. The number of piperidine rings is 1. The third-order valence-electron chi connectivity index (χ3n) is 4.10. The minimum absolute atomic E-state index is 0.345. The maximum absolute atomic E-state index is 5.52. The minimum Gasteiger partial charge on any atom is -0.454 e. The van der Waals surface area contributed by atoms with Gasteiger partial charge in [0.1, 0.15) is 0 Å². The summed E-state index contributed by atoms with van der Waals surface area (Å²) >= 11 is 0. The van der Waals surface area contributed by atoms with Crippen LogP contribution in [0.4, 0.5) is 0 Å². The van der Waals surface area contributed by atoms with E-state index in [4.69, 9.17) is 9.47 Å². The summed E-state index contributed by atoms with van der Waals surface area (Å²) in [5.74, 6) is 1.78. The monoisotopic (exact) mass is 262 g/mol. The molecule has 0 saturated carbocycles. The van der Waals surface area contributed by atoms with Gasteiger partial charge in [-0.05, 0) is 32.5 Å². The lowest BCUT2D eigenvalue weighted by Gasteiger charge is -2.32. The van der Waals surface area contributed by atoms with Crippen LogP contribution in [0.1, 0.15) is 24.8 Å². The van der Waals surface area contributed by atoms with Gasteiger partial charge in [0.05, 0.1) is 0 Å². The van der Waals surface area contributed by atoms with Crippen molar-refractivity contribution in [3.05, 3.63) is 23.8 Å². The molecule has 2 heterocycles. The number of benzene rings is 1. The predicted octanol–water partition coefficient (Wildman–Crippen LogP) is 1.99. The number of likely N-dealkylation sites (tertiary alicyclic amines) is 1. The predicted molar refractivity (Wildman–Crippen MR) is 74.5 cm³/mol. The van der Waals surface area contributed by atoms with Crippen LogP contribution in [0.2, 0.25) is 0 Å². The van der Waals surface area contributed by atoms with E-state index < -0.39 is 0 Å². The number of hydrogen-bond acceptors (Lipinski definition) is 4. The third-order valence-corrected chi connectivity index (χ3v) is 4.10. The molecule has 1 unspecified atom stereocenters. The Kier molecular flexibility index (Phi) is 3.89. The summed E-state index contributed by atoms with van der Waals surface area (Å²) in [6.07, 6.45) is 3.99. The third kappa shape index (κ3) is 2.85. The Morgan fingerprint density at radius 1 is 1.32 bits per heavy atom. The van der Waals surface area contributed by atoms with Gasteiger partial charge in [-0.2, -0.15) is 0 Å². The standard InChI is InChI=1S/C15H22N2O2/c1-17-8-3-2-6-13(17)10-16-9-12-5-4-7-14-15(12)19-11-18-14/h4-5,7,13,16H,2-3,6,8-11H2,1H3. The maximum Gasteiger partial charge on any atom is 0.231 e. The summed E-state index contributed by atoms with van der Waals surface area (Å²) in [7, 11) is 2.22. The highest BCUT2D eigenvalue weighted by Crippen LogP contribution is 2.35. The molecule has 0 amide bonds. The number of para-hydroxylation sites is 1. The SMILES string of the molecule is CN1CCCCC1CNCc1cccc2c1OCO2. The molecule has 0 aromatic heterocycles. The summed E-state index contributed by atoms with van der Waals surface area (Å²) in [6, 6.07) is 6.76. The van der Waals surface area contributed by atoms with Gasteiger partial charge in [0.2, 0.25) is 6.79 Å². The van der Waals surface area contributed by atoms with E-state index in [1.54, 1.807) is 0 Å². The molecule has 0 aliphatic carbocycles. The van der Waals surface area contributed by atoms with Gasteiger partial charge in [-0.15, -0.1) is 0 Å². The molecule has 2 aliphatic rings. The van der Waals surface area contributed by atoms with E-state index in [1.165, 1.54) is 31.4 Å². The Morgan fingerprint density at radius 3 is 3.16 bits per heavy atom. The molecule has 0 radical (unpaired) electrons. The van der Waals surface area contributed by atoms with Gasteiger partial charge >= 0.3 is 0 Å². The summed E-state index contributed by atoms with van der Waals surface area (Å²) in [6.45, 7) is 3.46. The lowest BCUT2D eigenvalue weighted by molar-refractivity contribution is 0.172. The van der Waals surface area contributed by atoms with Crippen molar-refractivity contribution in [1.82, 2.24) is 10.2 Å². The number of nitrogens with zero attached hydrogens (tertiary/aromatic N) is 1. The van der Waals surface area contributed by atoms with Gasteiger partial charge in [0.15, 0.2) is 11.5 Å². The molecule has 1 atom stereocenters. The Morgan fingerprint density at radius 2 is 2.26 bits per heavy atom. The zero-order chi connectivity index (χ0) is 13.1. The first kappa shape index (κ1) is 12.8.